The minimum absolute atomic E-state index is 0.0175. The van der Waals surface area contributed by atoms with Crippen LogP contribution in [0.25, 0.3) is 21.5 Å². The number of hydroxylamine groups is 2. The van der Waals surface area contributed by atoms with Gasteiger partial charge in [-0.25, -0.2) is 4.79 Å². The van der Waals surface area contributed by atoms with Gasteiger partial charge in [0, 0.05) is 77.5 Å². The largest absolute Gasteiger partial charge is 0.344 e. The lowest BCUT2D eigenvalue weighted by atomic mass is 9.75. The molecule has 3 aliphatic rings. The highest BCUT2D eigenvalue weighted by Gasteiger charge is 2.47. The zero-order valence-electron chi connectivity index (χ0n) is 71.2. The van der Waals surface area contributed by atoms with Crippen molar-refractivity contribution in [3.8, 4) is 0 Å². The monoisotopic (exact) mass is 1750 g/mol. The quantitative estimate of drug-likeness (QED) is 0.00798. The molecule has 0 aliphatic carbocycles. The number of carbonyl (C=O) groups excluding carboxylic acids is 3. The second-order valence-electron chi connectivity index (χ2n) is 28.2. The highest BCUT2D eigenvalue weighted by Crippen LogP contribution is 2.55. The van der Waals surface area contributed by atoms with Crippen LogP contribution in [0.3, 0.4) is 0 Å². The number of imide groups is 1. The van der Waals surface area contributed by atoms with Crippen LogP contribution in [0.5, 0.6) is 0 Å². The Kier molecular flexibility index (Phi) is 44.5. The molecule has 1 fully saturated rings. The van der Waals surface area contributed by atoms with Crippen molar-refractivity contribution in [2.75, 3.05) is 128 Å². The average molecular weight is 1750 g/mol. The molecule has 36 heteroatoms. The molecule has 4 aromatic carbocycles. The van der Waals surface area contributed by atoms with Gasteiger partial charge in [-0.3, -0.25) is 36.9 Å². The molecule has 4 aromatic rings. The summed E-state index contributed by atoms with van der Waals surface area (Å²) in [4.78, 5) is 51.8. The van der Waals surface area contributed by atoms with E-state index in [1.165, 1.54) is 122 Å². The highest BCUT2D eigenvalue weighted by molar-refractivity contribution is 7.87. The lowest BCUT2D eigenvalue weighted by molar-refractivity contribution is -0.437. The van der Waals surface area contributed by atoms with Crippen LogP contribution in [0.4, 0.5) is 11.4 Å². The molecule has 7 rings (SSSR count). The van der Waals surface area contributed by atoms with Gasteiger partial charge in [0.25, 0.3) is 72.5 Å². The Bertz CT molecular complexity index is 4670. The van der Waals surface area contributed by atoms with E-state index in [1.807, 2.05) is 0 Å². The van der Waals surface area contributed by atoms with Crippen molar-refractivity contribution in [2.45, 2.75) is 213 Å². The molecule has 3 heterocycles. The lowest BCUT2D eigenvalue weighted by Gasteiger charge is -2.31. The number of hydrogen-bond donors (Lipinski definition) is 6. The Morgan fingerprint density at radius 3 is 1.22 bits per heavy atom. The third-order valence-corrected chi connectivity index (χ3v) is 25.8. The molecule has 0 radical (unpaired) electrons. The molecule has 0 saturated carbocycles. The Balaban J connectivity index is 0.00000108. The summed E-state index contributed by atoms with van der Waals surface area (Å²) in [5, 5.41) is 0.166. The number of nitrogens with zero attached hydrogens (tertiary/aromatic N) is 8. The van der Waals surface area contributed by atoms with Gasteiger partial charge in [-0.15, -0.1) is 5.06 Å². The summed E-state index contributed by atoms with van der Waals surface area (Å²) in [5.74, 6) is -3.52. The number of benzene rings is 4. The molecule has 0 spiro atoms. The van der Waals surface area contributed by atoms with Crippen LogP contribution in [-0.2, 0) is 90.8 Å². The van der Waals surface area contributed by atoms with Crippen molar-refractivity contribution in [3.05, 3.63) is 108 Å². The molecule has 1 atom stereocenters. The molecular formula is C80H131N8O22S6+. The van der Waals surface area contributed by atoms with E-state index in [1.54, 1.807) is 72.8 Å². The van der Waals surface area contributed by atoms with Crippen LogP contribution < -0.4 is 4.90 Å². The third kappa shape index (κ3) is 32.0. The Hall–Kier alpha value is -6.30. The first-order chi connectivity index (χ1) is 54.1. The Morgan fingerprint density at radius 1 is 0.457 bits per heavy atom. The summed E-state index contributed by atoms with van der Waals surface area (Å²) in [6, 6.07) is 8.87. The van der Waals surface area contributed by atoms with Crippen LogP contribution in [0.15, 0.2) is 116 Å². The van der Waals surface area contributed by atoms with Crippen molar-refractivity contribution in [3.63, 3.8) is 0 Å². The fraction of sp³-hybridized carbons (Fsp3) is 0.600. The smallest absolute Gasteiger partial charge is 0.333 e. The fourth-order valence-electron chi connectivity index (χ4n) is 14.0. The maximum Gasteiger partial charge on any atom is 0.333 e. The van der Waals surface area contributed by atoms with Crippen LogP contribution in [0.1, 0.15) is 194 Å². The molecule has 0 aromatic heterocycles. The Morgan fingerprint density at radius 2 is 0.836 bits per heavy atom. The summed E-state index contributed by atoms with van der Waals surface area (Å²) in [6.07, 6.45) is 11.4. The number of hydrogen-bond acceptors (Lipinski definition) is 22. The summed E-state index contributed by atoms with van der Waals surface area (Å²) in [6.45, 7) is 55.6. The third-order valence-electron chi connectivity index (χ3n) is 20.8. The molecule has 1 unspecified atom stereocenters. The van der Waals surface area contributed by atoms with Crippen molar-refractivity contribution in [1.29, 1.82) is 0 Å². The first-order valence-corrected chi connectivity index (χ1v) is 48.9. The van der Waals surface area contributed by atoms with Gasteiger partial charge >= 0.3 is 5.97 Å². The van der Waals surface area contributed by atoms with E-state index >= 15 is 0 Å². The molecule has 3 aliphatic heterocycles. The van der Waals surface area contributed by atoms with Gasteiger partial charge < -0.3 is 34.2 Å². The number of carbonyl (C=O) groups is 3. The van der Waals surface area contributed by atoms with Crippen molar-refractivity contribution in [2.24, 2.45) is 0 Å². The number of allylic oxidation sites excluding steroid dienone is 8. The summed E-state index contributed by atoms with van der Waals surface area (Å²) >= 11 is 0. The van der Waals surface area contributed by atoms with Gasteiger partial charge in [0.15, 0.2) is 5.71 Å². The maximum atomic E-state index is 12.8. The topological polar surface area (TPSA) is 412 Å². The van der Waals surface area contributed by atoms with Crippen molar-refractivity contribution >= 4 is 117 Å². The predicted molar refractivity (Wildman–Crippen MR) is 460 cm³/mol. The van der Waals surface area contributed by atoms with Crippen molar-refractivity contribution in [1.82, 2.24) is 29.6 Å². The number of unbranched alkanes of at least 4 members (excludes halogenated alkanes) is 2. The molecule has 1 saturated heterocycles. The van der Waals surface area contributed by atoms with Crippen LogP contribution in [0, 0.1) is 0 Å². The van der Waals surface area contributed by atoms with E-state index in [0.717, 1.165) is 12.1 Å². The van der Waals surface area contributed by atoms with E-state index in [9.17, 15) is 92.2 Å². The van der Waals surface area contributed by atoms with Crippen LogP contribution in [0.2, 0.25) is 0 Å². The normalized spacial score (nSPS) is 16.2. The number of amides is 2. The molecule has 30 nitrogen and oxygen atoms in total. The van der Waals surface area contributed by atoms with E-state index < -0.39 is 120 Å². The van der Waals surface area contributed by atoms with E-state index in [2.05, 4.69) is 128 Å². The molecular weight excluding hydrogens is 1620 g/mol. The number of fused-ring (bicyclic) bond motifs is 6. The van der Waals surface area contributed by atoms with Gasteiger partial charge in [-0.1, -0.05) is 153 Å². The standard InChI is InChI=1S/C50H55N3O22S6.5C6H15N/c1-49(2)42(51(24-12-26-76(57,58)59)38-19-17-34-36(47(38)49)28-32(78(63,64)65)30-40(34)80(69,70)71)14-8-5-4-6-9-15-43-50(3,23-11-7-10-16-46(56)75-53-44(54)21-22-45(53)55)48-37-29-33(79(66,67)68)31-41(81(72,73)74)35(37)18-20-39(48)52(43)25-13-27-77(60,61)62;5*1-4-7(5-2)6-3/h4-6,8-9,14-15,17-20,28-31H,7,10-13,16,21-27H2,1-3H3,(H5-,57,58,59,60,61,62,63,64,65,66,67,68,69,70,71,72,73,74);5*4-6H2,1-3H3/p+1. The van der Waals surface area contributed by atoms with E-state index in [0.29, 0.717) is 63.9 Å². The average Bonchev–Trinajstić information content (AvgIpc) is 1.54. The Labute approximate surface area is 692 Å². The molecule has 0 bridgehead atoms. The van der Waals surface area contributed by atoms with Gasteiger partial charge in [-0.2, -0.15) is 55.1 Å². The van der Waals surface area contributed by atoms with Crippen molar-refractivity contribution < 1.29 is 102 Å². The summed E-state index contributed by atoms with van der Waals surface area (Å²) in [5.41, 5.74) is -0.177. The molecule has 116 heavy (non-hydrogen) atoms. The minimum Gasteiger partial charge on any atom is -0.344 e. The van der Waals surface area contributed by atoms with Gasteiger partial charge in [0.05, 0.1) is 26.7 Å². The summed E-state index contributed by atoms with van der Waals surface area (Å²) in [7, 11) is -29.3. The number of rotatable bonds is 38. The second-order valence-corrected chi connectivity index (χ2v) is 36.9. The zero-order valence-corrected chi connectivity index (χ0v) is 76.1. The maximum absolute atomic E-state index is 12.8. The van der Waals surface area contributed by atoms with Crippen LogP contribution >= 0.6 is 0 Å². The molecule has 2 amide bonds. The predicted octanol–water partition coefficient (Wildman–Crippen LogP) is 12.5. The van der Waals surface area contributed by atoms with E-state index in [-0.39, 0.29) is 79.6 Å². The molecule has 6 N–H and O–H groups in total. The van der Waals surface area contributed by atoms with Gasteiger partial charge in [0.2, 0.25) is 5.69 Å². The molecule has 658 valence electrons. The minimum atomic E-state index is -5.16. The second kappa shape index (κ2) is 48.8. The fourth-order valence-corrected chi connectivity index (χ4v) is 17.6. The zero-order chi connectivity index (χ0) is 88.5. The summed E-state index contributed by atoms with van der Waals surface area (Å²) < 4.78 is 210. The first kappa shape index (κ1) is 106. The van der Waals surface area contributed by atoms with Gasteiger partial charge in [-0.05, 0) is 197 Å². The highest BCUT2D eigenvalue weighted by atomic mass is 32.2. The SMILES string of the molecule is CC1(C)C(/C=C/C=C/C=C/C=C2\N(CCCS(=O)(=O)O)c3ccc4c(S(=O)(=O)O)cc(S(=O)(=O)O)cc4c3C2(C)CCCCCC(=O)ON2C(=O)CCC2=O)=[N+](CCCS(=O)(=O)O)c2ccc3c(S(=O)(=O)O)cc(S(=O)(=O)O)cc3c21.CCN(CC)CC.CCN(CC)CC.CCN(CC)CC.CCN(CC)CC.CCN(CC)CC. The van der Waals surface area contributed by atoms with E-state index in [4.69, 9.17) is 4.84 Å². The van der Waals surface area contributed by atoms with Gasteiger partial charge in [0.1, 0.15) is 16.3 Å². The lowest BCUT2D eigenvalue weighted by Crippen LogP contribution is -2.32. The number of anilines is 1. The van der Waals surface area contributed by atoms with Crippen LogP contribution in [-0.4, -0.2) is 258 Å². The first-order valence-electron chi connectivity index (χ1n) is 39.9.